The Labute approximate surface area is 185 Å². The third-order valence-corrected chi connectivity index (χ3v) is 4.81. The number of carbonyl (C=O) groups is 1. The molecule has 176 valence electrons. The van der Waals surface area contributed by atoms with Gasteiger partial charge in [0, 0.05) is 0 Å². The van der Waals surface area contributed by atoms with Crippen LogP contribution in [0.4, 0.5) is 13.2 Å². The number of carbonyl (C=O) groups excluding carboxylic acids is 1. The second-order valence-corrected chi connectivity index (χ2v) is 7.37. The van der Waals surface area contributed by atoms with Crippen molar-refractivity contribution in [3.05, 3.63) is 41.5 Å². The molecule has 1 aliphatic heterocycles. The van der Waals surface area contributed by atoms with Gasteiger partial charge in [0.2, 0.25) is 5.89 Å². The number of halogens is 3. The largest absolute Gasteiger partial charge is 0.522 e. The van der Waals surface area contributed by atoms with Crippen molar-refractivity contribution in [1.82, 2.24) is 25.5 Å². The highest BCUT2D eigenvalue weighted by molar-refractivity contribution is 5.94. The number of hydrogen-bond acceptors (Lipinski definition) is 9. The average Bonchev–Trinajstić information content (AvgIpc) is 3.25. The molecule has 0 radical (unpaired) electrons. The van der Waals surface area contributed by atoms with Crippen molar-refractivity contribution in [2.24, 2.45) is 0 Å². The van der Waals surface area contributed by atoms with Crippen molar-refractivity contribution in [3.63, 3.8) is 0 Å². The fourth-order valence-electron chi connectivity index (χ4n) is 3.24. The van der Waals surface area contributed by atoms with Gasteiger partial charge in [-0.2, -0.15) is 0 Å². The summed E-state index contributed by atoms with van der Waals surface area (Å²) in [5, 5.41) is 10.3. The van der Waals surface area contributed by atoms with E-state index >= 15 is 0 Å². The van der Waals surface area contributed by atoms with Gasteiger partial charge in [0.1, 0.15) is 18.4 Å². The smallest absolute Gasteiger partial charge is 0.447 e. The molecular formula is C20H20F3N5O5. The Hall–Kier alpha value is -3.32. The minimum atomic E-state index is -4.73. The maximum Gasteiger partial charge on any atom is 0.522 e. The quantitative estimate of drug-likeness (QED) is 0.523. The summed E-state index contributed by atoms with van der Waals surface area (Å²) in [5.74, 6) is -0.214. The normalized spacial score (nSPS) is 18.9. The molecule has 1 fully saturated rings. The summed E-state index contributed by atoms with van der Waals surface area (Å²) in [5.41, 5.74) is 2.61. The van der Waals surface area contributed by atoms with Gasteiger partial charge in [-0.25, -0.2) is 4.98 Å². The van der Waals surface area contributed by atoms with Gasteiger partial charge in [0.25, 0.3) is 5.91 Å². The lowest BCUT2D eigenvalue weighted by Crippen LogP contribution is -2.41. The number of alkyl halides is 3. The topological polar surface area (TPSA) is 121 Å². The molecular weight excluding hydrogens is 447 g/mol. The molecule has 0 bridgehead atoms. The number of nitrogens with zero attached hydrogens (tertiary/aromatic N) is 4. The zero-order valence-electron chi connectivity index (χ0n) is 17.5. The number of aromatic nitrogens is 4. The van der Waals surface area contributed by atoms with Crippen LogP contribution < -0.4 is 10.1 Å². The average molecular weight is 467 g/mol. The van der Waals surface area contributed by atoms with Gasteiger partial charge in [-0.1, -0.05) is 11.2 Å². The van der Waals surface area contributed by atoms with Crippen LogP contribution in [-0.4, -0.2) is 58.3 Å². The summed E-state index contributed by atoms with van der Waals surface area (Å²) in [6, 6.07) is 5.36. The van der Waals surface area contributed by atoms with E-state index in [-0.39, 0.29) is 36.2 Å². The van der Waals surface area contributed by atoms with E-state index in [0.717, 1.165) is 5.56 Å². The van der Waals surface area contributed by atoms with E-state index in [1.807, 2.05) is 25.1 Å². The van der Waals surface area contributed by atoms with E-state index in [9.17, 15) is 18.0 Å². The van der Waals surface area contributed by atoms with Gasteiger partial charge in [-0.15, -0.1) is 18.3 Å². The summed E-state index contributed by atoms with van der Waals surface area (Å²) in [6.45, 7) is 1.05. The van der Waals surface area contributed by atoms with E-state index in [2.05, 4.69) is 30.2 Å². The monoisotopic (exact) mass is 467 g/mol. The zero-order valence-corrected chi connectivity index (χ0v) is 17.5. The SMILES string of the molecule is Cc1ccc2nc(C(=O)N[C@@H]3CC[C@@H](c4nnc(OCCOC(F)(F)F)o4)OC3)cnc2c1. The van der Waals surface area contributed by atoms with Gasteiger partial charge < -0.3 is 19.2 Å². The lowest BCUT2D eigenvalue weighted by Gasteiger charge is -2.27. The van der Waals surface area contributed by atoms with Crippen LogP contribution in [0.1, 0.15) is 40.9 Å². The summed E-state index contributed by atoms with van der Waals surface area (Å²) in [7, 11) is 0. The van der Waals surface area contributed by atoms with Crippen LogP contribution in [-0.2, 0) is 9.47 Å². The minimum absolute atomic E-state index is 0.141. The molecule has 0 unspecified atom stereocenters. The van der Waals surface area contributed by atoms with Crippen molar-refractivity contribution >= 4 is 16.9 Å². The second-order valence-electron chi connectivity index (χ2n) is 7.37. The van der Waals surface area contributed by atoms with Crippen LogP contribution in [0.25, 0.3) is 11.0 Å². The molecule has 1 amide bonds. The Bertz CT molecular complexity index is 1110. The molecule has 0 saturated carbocycles. The molecule has 1 aliphatic rings. The van der Waals surface area contributed by atoms with Crippen molar-refractivity contribution in [3.8, 4) is 6.08 Å². The van der Waals surface area contributed by atoms with Crippen LogP contribution in [0.2, 0.25) is 0 Å². The maximum atomic E-state index is 12.6. The van der Waals surface area contributed by atoms with Crippen LogP contribution in [0.5, 0.6) is 6.08 Å². The highest BCUT2D eigenvalue weighted by atomic mass is 19.4. The Morgan fingerprint density at radius 2 is 2.06 bits per heavy atom. The molecule has 0 spiro atoms. The predicted molar refractivity (Wildman–Crippen MR) is 105 cm³/mol. The minimum Gasteiger partial charge on any atom is -0.447 e. The summed E-state index contributed by atoms with van der Waals surface area (Å²) >= 11 is 0. The lowest BCUT2D eigenvalue weighted by atomic mass is 10.0. The lowest BCUT2D eigenvalue weighted by molar-refractivity contribution is -0.325. The molecule has 4 rings (SSSR count). The van der Waals surface area contributed by atoms with Crippen molar-refractivity contribution in [2.75, 3.05) is 19.8 Å². The third-order valence-electron chi connectivity index (χ3n) is 4.81. The number of rotatable bonds is 7. The van der Waals surface area contributed by atoms with E-state index in [1.54, 1.807) is 0 Å². The van der Waals surface area contributed by atoms with Gasteiger partial charge in [-0.3, -0.25) is 14.5 Å². The standard InChI is InChI=1S/C20H20F3N5O5/c1-11-2-4-13-14(8-11)24-9-15(26-13)17(29)25-12-3-5-16(31-10-12)18-27-28-19(33-18)30-6-7-32-20(21,22)23/h2,4,8-9,12,16H,3,5-7,10H2,1H3,(H,25,29)/t12-,16+/m1/s1. The summed E-state index contributed by atoms with van der Waals surface area (Å²) in [4.78, 5) is 21.2. The molecule has 1 aromatic carbocycles. The Morgan fingerprint density at radius 3 is 2.82 bits per heavy atom. The molecule has 3 aromatic rings. The predicted octanol–water partition coefficient (Wildman–Crippen LogP) is 2.89. The highest BCUT2D eigenvalue weighted by Gasteiger charge is 2.30. The Kier molecular flexibility index (Phi) is 6.70. The van der Waals surface area contributed by atoms with Crippen molar-refractivity contribution in [2.45, 2.75) is 38.3 Å². The first-order valence-electron chi connectivity index (χ1n) is 10.1. The van der Waals surface area contributed by atoms with E-state index in [1.165, 1.54) is 6.20 Å². The summed E-state index contributed by atoms with van der Waals surface area (Å²) < 4.78 is 55.3. The number of fused-ring (bicyclic) bond motifs is 1. The van der Waals surface area contributed by atoms with Crippen LogP contribution in [0.3, 0.4) is 0 Å². The number of ether oxygens (including phenoxy) is 3. The maximum absolute atomic E-state index is 12.6. The first-order valence-corrected chi connectivity index (χ1v) is 10.1. The molecule has 2 atom stereocenters. The molecule has 2 aromatic heterocycles. The van der Waals surface area contributed by atoms with Gasteiger partial charge in [0.05, 0.1) is 36.5 Å². The summed E-state index contributed by atoms with van der Waals surface area (Å²) in [6.07, 6.45) is -3.03. The first kappa shape index (κ1) is 22.9. The number of amides is 1. The van der Waals surface area contributed by atoms with E-state index < -0.39 is 25.7 Å². The van der Waals surface area contributed by atoms with Gasteiger partial charge in [0.15, 0.2) is 0 Å². The molecule has 33 heavy (non-hydrogen) atoms. The van der Waals surface area contributed by atoms with Crippen LogP contribution in [0, 0.1) is 6.92 Å². The molecule has 0 aliphatic carbocycles. The first-order chi connectivity index (χ1) is 15.8. The van der Waals surface area contributed by atoms with Gasteiger partial charge in [-0.05, 0) is 37.5 Å². The number of benzene rings is 1. The fourth-order valence-corrected chi connectivity index (χ4v) is 3.24. The molecule has 3 heterocycles. The van der Waals surface area contributed by atoms with Crippen molar-refractivity contribution < 1.29 is 36.6 Å². The van der Waals surface area contributed by atoms with E-state index in [4.69, 9.17) is 13.9 Å². The number of nitrogens with one attached hydrogen (secondary N) is 1. The van der Waals surface area contributed by atoms with Crippen molar-refractivity contribution in [1.29, 1.82) is 0 Å². The highest BCUT2D eigenvalue weighted by Crippen LogP contribution is 2.28. The Morgan fingerprint density at radius 1 is 1.21 bits per heavy atom. The van der Waals surface area contributed by atoms with E-state index in [0.29, 0.717) is 23.9 Å². The number of aryl methyl sites for hydroxylation is 1. The van der Waals surface area contributed by atoms with Crippen LogP contribution >= 0.6 is 0 Å². The third kappa shape index (κ3) is 6.14. The molecule has 10 nitrogen and oxygen atoms in total. The molecule has 1 N–H and O–H groups in total. The van der Waals surface area contributed by atoms with Crippen LogP contribution in [0.15, 0.2) is 28.8 Å². The molecule has 1 saturated heterocycles. The Balaban J connectivity index is 1.25. The fraction of sp³-hybridized carbons (Fsp3) is 0.450. The zero-order chi connectivity index (χ0) is 23.4. The number of hydrogen-bond donors (Lipinski definition) is 1. The molecule has 13 heteroatoms. The second kappa shape index (κ2) is 9.67. The van der Waals surface area contributed by atoms with Gasteiger partial charge >= 0.3 is 12.4 Å².